The minimum atomic E-state index is -0.261. The van der Waals surface area contributed by atoms with Gasteiger partial charge < -0.3 is 4.98 Å². The Kier molecular flexibility index (Phi) is 3.28. The van der Waals surface area contributed by atoms with Crippen molar-refractivity contribution in [2.24, 2.45) is 0 Å². The lowest BCUT2D eigenvalue weighted by Gasteiger charge is -2.02. The molecule has 3 nitrogen and oxygen atoms in total. The number of benzene rings is 3. The number of pyridine rings is 1. The van der Waals surface area contributed by atoms with Gasteiger partial charge in [-0.1, -0.05) is 54.6 Å². The normalized spacial score (nSPS) is 11.3. The fraction of sp³-hybridized carbons (Fsp3) is 0. The summed E-state index contributed by atoms with van der Waals surface area (Å²) in [6.45, 7) is 0. The van der Waals surface area contributed by atoms with Crippen LogP contribution in [0, 0.1) is 5.82 Å². The average Bonchev–Trinajstić information content (AvgIpc) is 3.11. The van der Waals surface area contributed by atoms with E-state index in [9.17, 15) is 4.39 Å². The maximum Gasteiger partial charge on any atom is 0.178 e. The Balaban J connectivity index is 1.62. The van der Waals surface area contributed by atoms with E-state index in [1.54, 1.807) is 18.3 Å². The SMILES string of the molecule is Fc1ccccc1-c1cnc2nc(-c3ccc4ccccc4c3)[nH]c2c1. The van der Waals surface area contributed by atoms with Crippen molar-refractivity contribution in [1.82, 2.24) is 15.0 Å². The van der Waals surface area contributed by atoms with E-state index in [-0.39, 0.29) is 5.82 Å². The van der Waals surface area contributed by atoms with Gasteiger partial charge in [0.1, 0.15) is 11.6 Å². The van der Waals surface area contributed by atoms with Gasteiger partial charge in [-0.05, 0) is 29.0 Å². The second-order valence-corrected chi connectivity index (χ2v) is 6.22. The van der Waals surface area contributed by atoms with Crippen LogP contribution >= 0.6 is 0 Å². The van der Waals surface area contributed by atoms with E-state index in [4.69, 9.17) is 0 Å². The summed E-state index contributed by atoms with van der Waals surface area (Å²) < 4.78 is 14.0. The highest BCUT2D eigenvalue weighted by Crippen LogP contribution is 2.27. The van der Waals surface area contributed by atoms with Crippen LogP contribution in [-0.4, -0.2) is 15.0 Å². The molecule has 0 fully saturated rings. The Morgan fingerprint density at radius 1 is 0.769 bits per heavy atom. The van der Waals surface area contributed by atoms with Gasteiger partial charge >= 0.3 is 0 Å². The zero-order chi connectivity index (χ0) is 17.5. The molecule has 2 aromatic heterocycles. The summed E-state index contributed by atoms with van der Waals surface area (Å²) in [6.07, 6.45) is 1.66. The van der Waals surface area contributed by atoms with E-state index >= 15 is 0 Å². The van der Waals surface area contributed by atoms with Crippen molar-refractivity contribution in [2.45, 2.75) is 0 Å². The number of hydrogen-bond acceptors (Lipinski definition) is 2. The Hall–Kier alpha value is -3.53. The van der Waals surface area contributed by atoms with Crippen LogP contribution in [0.5, 0.6) is 0 Å². The molecule has 5 rings (SSSR count). The summed E-state index contributed by atoms with van der Waals surface area (Å²) in [4.78, 5) is 12.3. The predicted octanol–water partition coefficient (Wildman–Crippen LogP) is 5.58. The number of H-pyrrole nitrogens is 1. The highest BCUT2D eigenvalue weighted by atomic mass is 19.1. The largest absolute Gasteiger partial charge is 0.337 e. The minimum absolute atomic E-state index is 0.261. The number of fused-ring (bicyclic) bond motifs is 2. The van der Waals surface area contributed by atoms with Gasteiger partial charge in [0, 0.05) is 22.9 Å². The van der Waals surface area contributed by atoms with Gasteiger partial charge in [0.15, 0.2) is 5.65 Å². The quantitative estimate of drug-likeness (QED) is 0.456. The second-order valence-electron chi connectivity index (χ2n) is 6.22. The molecule has 0 radical (unpaired) electrons. The molecule has 0 amide bonds. The van der Waals surface area contributed by atoms with Gasteiger partial charge in [0.05, 0.1) is 5.52 Å². The Bertz CT molecular complexity index is 1260. The lowest BCUT2D eigenvalue weighted by molar-refractivity contribution is 0.631. The molecule has 0 atom stereocenters. The Morgan fingerprint density at radius 2 is 1.58 bits per heavy atom. The van der Waals surface area contributed by atoms with E-state index in [0.717, 1.165) is 27.9 Å². The van der Waals surface area contributed by atoms with Gasteiger partial charge in [-0.2, -0.15) is 0 Å². The van der Waals surface area contributed by atoms with Crippen LogP contribution in [0.25, 0.3) is 44.5 Å². The summed E-state index contributed by atoms with van der Waals surface area (Å²) >= 11 is 0. The molecule has 1 N–H and O–H groups in total. The molecule has 124 valence electrons. The molecule has 0 unspecified atom stereocenters. The molecule has 2 heterocycles. The lowest BCUT2D eigenvalue weighted by Crippen LogP contribution is -1.85. The second kappa shape index (κ2) is 5.77. The molecule has 0 spiro atoms. The number of imidazole rings is 1. The molecule has 0 bridgehead atoms. The topological polar surface area (TPSA) is 41.6 Å². The first-order valence-corrected chi connectivity index (χ1v) is 8.38. The summed E-state index contributed by atoms with van der Waals surface area (Å²) in [7, 11) is 0. The lowest BCUT2D eigenvalue weighted by atomic mass is 10.1. The first kappa shape index (κ1) is 14.8. The number of nitrogens with one attached hydrogen (secondary N) is 1. The van der Waals surface area contributed by atoms with Crippen LogP contribution in [0.2, 0.25) is 0 Å². The summed E-state index contributed by atoms with van der Waals surface area (Å²) in [6, 6.07) is 23.0. The molecule has 26 heavy (non-hydrogen) atoms. The average molecular weight is 339 g/mol. The molecule has 0 saturated carbocycles. The smallest absolute Gasteiger partial charge is 0.178 e. The van der Waals surface area contributed by atoms with E-state index in [2.05, 4.69) is 39.2 Å². The number of aromatic amines is 1. The summed E-state index contributed by atoms with van der Waals surface area (Å²) in [5, 5.41) is 2.35. The maximum atomic E-state index is 14.0. The highest BCUT2D eigenvalue weighted by molar-refractivity contribution is 5.88. The third-order valence-electron chi connectivity index (χ3n) is 4.55. The van der Waals surface area contributed by atoms with E-state index in [1.165, 1.54) is 11.5 Å². The van der Waals surface area contributed by atoms with Gasteiger partial charge in [-0.25, -0.2) is 14.4 Å². The molecule has 0 aliphatic carbocycles. The summed E-state index contributed by atoms with van der Waals surface area (Å²) in [5.41, 5.74) is 3.66. The first-order chi connectivity index (χ1) is 12.8. The van der Waals surface area contributed by atoms with Crippen molar-refractivity contribution >= 4 is 21.9 Å². The molecule has 4 heteroatoms. The van der Waals surface area contributed by atoms with Gasteiger partial charge in [0.25, 0.3) is 0 Å². The number of halogens is 1. The van der Waals surface area contributed by atoms with Crippen molar-refractivity contribution in [2.75, 3.05) is 0 Å². The number of rotatable bonds is 2. The van der Waals surface area contributed by atoms with Gasteiger partial charge in [0.2, 0.25) is 0 Å². The summed E-state index contributed by atoms with van der Waals surface area (Å²) in [5.74, 6) is 0.492. The van der Waals surface area contributed by atoms with Crippen LogP contribution < -0.4 is 0 Å². The Labute approximate surface area is 149 Å². The van der Waals surface area contributed by atoms with Crippen LogP contribution in [-0.2, 0) is 0 Å². The predicted molar refractivity (Wildman–Crippen MR) is 102 cm³/mol. The number of hydrogen-bond donors (Lipinski definition) is 1. The molecule has 0 saturated heterocycles. The number of aromatic nitrogens is 3. The number of nitrogens with zero attached hydrogens (tertiary/aromatic N) is 2. The fourth-order valence-electron chi connectivity index (χ4n) is 3.22. The third-order valence-corrected chi connectivity index (χ3v) is 4.55. The van der Waals surface area contributed by atoms with E-state index in [1.807, 2.05) is 30.3 Å². The van der Waals surface area contributed by atoms with Gasteiger partial charge in [-0.3, -0.25) is 0 Å². The zero-order valence-corrected chi connectivity index (χ0v) is 13.8. The van der Waals surface area contributed by atoms with E-state index in [0.29, 0.717) is 11.2 Å². The van der Waals surface area contributed by atoms with Crippen LogP contribution in [0.4, 0.5) is 4.39 Å². The zero-order valence-electron chi connectivity index (χ0n) is 13.8. The molecule has 0 aliphatic rings. The molecule has 5 aromatic rings. The van der Waals surface area contributed by atoms with Crippen molar-refractivity contribution < 1.29 is 4.39 Å². The van der Waals surface area contributed by atoms with Crippen molar-refractivity contribution in [1.29, 1.82) is 0 Å². The van der Waals surface area contributed by atoms with Crippen LogP contribution in [0.3, 0.4) is 0 Å². The Morgan fingerprint density at radius 3 is 2.46 bits per heavy atom. The minimum Gasteiger partial charge on any atom is -0.337 e. The van der Waals surface area contributed by atoms with Crippen molar-refractivity contribution in [3.63, 3.8) is 0 Å². The van der Waals surface area contributed by atoms with Gasteiger partial charge in [-0.15, -0.1) is 0 Å². The van der Waals surface area contributed by atoms with Crippen LogP contribution in [0.1, 0.15) is 0 Å². The monoisotopic (exact) mass is 339 g/mol. The maximum absolute atomic E-state index is 14.0. The van der Waals surface area contributed by atoms with Crippen LogP contribution in [0.15, 0.2) is 79.0 Å². The highest BCUT2D eigenvalue weighted by Gasteiger charge is 2.10. The van der Waals surface area contributed by atoms with E-state index < -0.39 is 0 Å². The van der Waals surface area contributed by atoms with Crippen molar-refractivity contribution in [3.05, 3.63) is 84.8 Å². The standard InChI is InChI=1S/C22H14FN3/c23-19-8-4-3-7-18(19)17-12-20-22(24-13-17)26-21(25-20)16-10-9-14-5-1-2-6-15(14)11-16/h1-13H,(H,24,25,26). The molecule has 3 aromatic carbocycles. The van der Waals surface area contributed by atoms with Crippen molar-refractivity contribution in [3.8, 4) is 22.5 Å². The third kappa shape index (κ3) is 2.43. The molecular formula is C22H14FN3. The molecular weight excluding hydrogens is 325 g/mol. The first-order valence-electron chi connectivity index (χ1n) is 8.38. The fourth-order valence-corrected chi connectivity index (χ4v) is 3.22. The molecule has 0 aliphatic heterocycles.